The van der Waals surface area contributed by atoms with Crippen molar-refractivity contribution >= 4 is 10.9 Å². The van der Waals surface area contributed by atoms with Crippen LogP contribution in [0.3, 0.4) is 0 Å². The number of piperazine rings is 1. The number of fused-ring (bicyclic) bond motifs is 1. The molecular formula is C23H24N4O. The molecule has 1 N–H and O–H groups in total. The molecule has 1 aromatic heterocycles. The van der Waals surface area contributed by atoms with E-state index in [1.54, 1.807) is 0 Å². The van der Waals surface area contributed by atoms with Crippen LogP contribution in [0, 0.1) is 18.3 Å². The Hall–Kier alpha value is -2.94. The number of benzene rings is 2. The van der Waals surface area contributed by atoms with Crippen LogP contribution in [0.25, 0.3) is 10.9 Å². The number of aromatic nitrogens is 1. The lowest BCUT2D eigenvalue weighted by Gasteiger charge is -2.34. The number of H-pyrrole nitrogens is 1. The van der Waals surface area contributed by atoms with Gasteiger partial charge in [0.15, 0.2) is 0 Å². The van der Waals surface area contributed by atoms with Gasteiger partial charge in [0.05, 0.1) is 17.1 Å². The summed E-state index contributed by atoms with van der Waals surface area (Å²) in [5.74, 6) is 0. The second-order valence-electron chi connectivity index (χ2n) is 7.48. The predicted molar refractivity (Wildman–Crippen MR) is 111 cm³/mol. The first-order valence-corrected chi connectivity index (χ1v) is 9.68. The van der Waals surface area contributed by atoms with Gasteiger partial charge < -0.3 is 4.98 Å². The molecule has 1 fully saturated rings. The van der Waals surface area contributed by atoms with Crippen molar-refractivity contribution in [3.8, 4) is 6.07 Å². The van der Waals surface area contributed by atoms with E-state index in [2.05, 4.69) is 20.9 Å². The third-order valence-corrected chi connectivity index (χ3v) is 5.56. The Balaban J connectivity index is 1.41. The highest BCUT2D eigenvalue weighted by Crippen LogP contribution is 2.17. The Bertz CT molecular complexity index is 1090. The third-order valence-electron chi connectivity index (χ3n) is 5.56. The summed E-state index contributed by atoms with van der Waals surface area (Å²) in [6, 6.07) is 18.2. The summed E-state index contributed by atoms with van der Waals surface area (Å²) in [5.41, 5.74) is 4.68. The van der Waals surface area contributed by atoms with Crippen molar-refractivity contribution in [2.45, 2.75) is 20.0 Å². The van der Waals surface area contributed by atoms with Gasteiger partial charge in [0.1, 0.15) is 0 Å². The van der Waals surface area contributed by atoms with Crippen molar-refractivity contribution < 1.29 is 0 Å². The topological polar surface area (TPSA) is 63.1 Å². The number of hydrogen-bond donors (Lipinski definition) is 1. The van der Waals surface area contributed by atoms with Gasteiger partial charge in [0.25, 0.3) is 5.56 Å². The second kappa shape index (κ2) is 7.97. The minimum absolute atomic E-state index is 0.00665. The Labute approximate surface area is 164 Å². The molecule has 4 rings (SSSR count). The molecule has 0 amide bonds. The number of nitriles is 1. The number of hydrogen-bond acceptors (Lipinski definition) is 4. The van der Waals surface area contributed by atoms with Gasteiger partial charge in [-0.3, -0.25) is 14.6 Å². The average Bonchev–Trinajstić information content (AvgIpc) is 2.71. The molecule has 2 heterocycles. The van der Waals surface area contributed by atoms with Crippen LogP contribution in [-0.4, -0.2) is 41.0 Å². The van der Waals surface area contributed by atoms with Crippen molar-refractivity contribution in [3.63, 3.8) is 0 Å². The van der Waals surface area contributed by atoms with Crippen molar-refractivity contribution in [2.24, 2.45) is 0 Å². The van der Waals surface area contributed by atoms with Gasteiger partial charge in [-0.15, -0.1) is 0 Å². The summed E-state index contributed by atoms with van der Waals surface area (Å²) in [7, 11) is 0. The molecule has 5 nitrogen and oxygen atoms in total. The Kier molecular flexibility index (Phi) is 5.25. The molecular weight excluding hydrogens is 348 g/mol. The molecule has 0 unspecified atom stereocenters. The third kappa shape index (κ3) is 3.84. The number of nitrogens with zero attached hydrogens (tertiary/aromatic N) is 3. The number of para-hydroxylation sites is 1. The largest absolute Gasteiger partial charge is 0.321 e. The van der Waals surface area contributed by atoms with Gasteiger partial charge in [-0.05, 0) is 35.6 Å². The first-order chi connectivity index (χ1) is 13.6. The zero-order valence-corrected chi connectivity index (χ0v) is 16.1. The standard InChI is InChI=1S/C23H24N4O/c1-17-5-4-8-18-13-21(23(28)25-22(17)18)16-27-11-9-26(10-12-27)15-20-7-3-2-6-19(20)14-24/h2-8,13H,9-12,15-16H2,1H3,(H,25,28). The minimum atomic E-state index is 0.00665. The summed E-state index contributed by atoms with van der Waals surface area (Å²) in [5, 5.41) is 10.3. The zero-order chi connectivity index (χ0) is 19.5. The lowest BCUT2D eigenvalue weighted by Crippen LogP contribution is -2.46. The second-order valence-corrected chi connectivity index (χ2v) is 7.48. The Morgan fingerprint density at radius 2 is 1.64 bits per heavy atom. The monoisotopic (exact) mass is 372 g/mol. The fourth-order valence-corrected chi connectivity index (χ4v) is 3.90. The Morgan fingerprint density at radius 3 is 2.36 bits per heavy atom. The number of nitrogens with one attached hydrogen (secondary N) is 1. The quantitative estimate of drug-likeness (QED) is 0.765. The SMILES string of the molecule is Cc1cccc2cc(CN3CCN(Cc4ccccc4C#N)CC3)c(=O)[nH]c12. The van der Waals surface area contributed by atoms with Crippen LogP contribution in [0.2, 0.25) is 0 Å². The van der Waals surface area contributed by atoms with E-state index in [4.69, 9.17) is 0 Å². The van der Waals surface area contributed by atoms with Gasteiger partial charge in [-0.25, -0.2) is 0 Å². The van der Waals surface area contributed by atoms with Crippen LogP contribution >= 0.6 is 0 Å². The molecule has 3 aromatic rings. The molecule has 0 aliphatic carbocycles. The maximum absolute atomic E-state index is 12.5. The van der Waals surface area contributed by atoms with E-state index in [0.29, 0.717) is 6.54 Å². The van der Waals surface area contributed by atoms with Crippen molar-refractivity contribution in [1.82, 2.24) is 14.8 Å². The number of aryl methyl sites for hydroxylation is 1. The highest BCUT2D eigenvalue weighted by molar-refractivity contribution is 5.81. The van der Waals surface area contributed by atoms with Crippen LogP contribution < -0.4 is 5.56 Å². The summed E-state index contributed by atoms with van der Waals surface area (Å²) in [6.45, 7) is 7.19. The van der Waals surface area contributed by atoms with Crippen molar-refractivity contribution in [2.75, 3.05) is 26.2 Å². The molecule has 0 radical (unpaired) electrons. The summed E-state index contributed by atoms with van der Waals surface area (Å²) >= 11 is 0. The van der Waals surface area contributed by atoms with Crippen LogP contribution in [0.1, 0.15) is 22.3 Å². The van der Waals surface area contributed by atoms with Crippen LogP contribution in [0.5, 0.6) is 0 Å². The first kappa shape index (κ1) is 18.4. The molecule has 5 heteroatoms. The minimum Gasteiger partial charge on any atom is -0.321 e. The van der Waals surface area contributed by atoms with E-state index >= 15 is 0 Å². The molecule has 0 spiro atoms. The number of aromatic amines is 1. The molecule has 28 heavy (non-hydrogen) atoms. The molecule has 0 bridgehead atoms. The smallest absolute Gasteiger partial charge is 0.252 e. The fourth-order valence-electron chi connectivity index (χ4n) is 3.90. The Morgan fingerprint density at radius 1 is 0.964 bits per heavy atom. The maximum atomic E-state index is 12.5. The molecule has 1 aliphatic rings. The summed E-state index contributed by atoms with van der Waals surface area (Å²) in [4.78, 5) is 20.3. The number of rotatable bonds is 4. The van der Waals surface area contributed by atoms with E-state index < -0.39 is 0 Å². The highest BCUT2D eigenvalue weighted by Gasteiger charge is 2.19. The molecule has 1 aliphatic heterocycles. The van der Waals surface area contributed by atoms with Crippen molar-refractivity contribution in [1.29, 1.82) is 5.26 Å². The molecule has 142 valence electrons. The summed E-state index contributed by atoms with van der Waals surface area (Å²) in [6.07, 6.45) is 0. The molecule has 0 atom stereocenters. The van der Waals surface area contributed by atoms with Crippen LogP contribution in [0.4, 0.5) is 0 Å². The molecule has 2 aromatic carbocycles. The number of pyridine rings is 1. The van der Waals surface area contributed by atoms with Gasteiger partial charge >= 0.3 is 0 Å². The normalized spacial score (nSPS) is 15.6. The fraction of sp³-hybridized carbons (Fsp3) is 0.304. The lowest BCUT2D eigenvalue weighted by molar-refractivity contribution is 0.121. The van der Waals surface area contributed by atoms with Gasteiger partial charge in [-0.1, -0.05) is 36.4 Å². The van der Waals surface area contributed by atoms with E-state index in [1.165, 1.54) is 0 Å². The van der Waals surface area contributed by atoms with Crippen LogP contribution in [-0.2, 0) is 13.1 Å². The zero-order valence-electron chi connectivity index (χ0n) is 16.1. The maximum Gasteiger partial charge on any atom is 0.252 e. The van der Waals surface area contributed by atoms with E-state index in [-0.39, 0.29) is 5.56 Å². The molecule has 0 saturated carbocycles. The van der Waals surface area contributed by atoms with E-state index in [9.17, 15) is 10.1 Å². The van der Waals surface area contributed by atoms with Gasteiger partial charge in [0.2, 0.25) is 0 Å². The summed E-state index contributed by atoms with van der Waals surface area (Å²) < 4.78 is 0. The highest BCUT2D eigenvalue weighted by atomic mass is 16.1. The lowest BCUT2D eigenvalue weighted by atomic mass is 10.1. The van der Waals surface area contributed by atoms with Gasteiger partial charge in [-0.2, -0.15) is 5.26 Å². The van der Waals surface area contributed by atoms with E-state index in [0.717, 1.165) is 65.9 Å². The van der Waals surface area contributed by atoms with Gasteiger partial charge in [0, 0.05) is 44.8 Å². The molecule has 1 saturated heterocycles. The first-order valence-electron chi connectivity index (χ1n) is 9.68. The van der Waals surface area contributed by atoms with E-state index in [1.807, 2.05) is 55.5 Å². The predicted octanol–water partition coefficient (Wildman–Crippen LogP) is 3.03. The van der Waals surface area contributed by atoms with Crippen molar-refractivity contribution in [3.05, 3.63) is 81.1 Å². The average molecular weight is 372 g/mol. The van der Waals surface area contributed by atoms with Crippen LogP contribution in [0.15, 0.2) is 53.3 Å².